The van der Waals surface area contributed by atoms with Gasteiger partial charge < -0.3 is 10.2 Å². The second-order valence-corrected chi connectivity index (χ2v) is 11.2. The molecule has 2 amide bonds. The highest BCUT2D eigenvalue weighted by Gasteiger charge is 2.33. The third-order valence-corrected chi connectivity index (χ3v) is 8.42. The van der Waals surface area contributed by atoms with E-state index in [1.165, 1.54) is 9.21 Å². The summed E-state index contributed by atoms with van der Waals surface area (Å²) in [6, 6.07) is 20.6. The van der Waals surface area contributed by atoms with E-state index < -0.39 is 28.5 Å². The largest absolute Gasteiger partial charge is 0.355 e. The van der Waals surface area contributed by atoms with E-state index in [-0.39, 0.29) is 17.3 Å². The molecule has 0 radical (unpaired) electrons. The molecule has 202 valence electrons. The average molecular weight is 536 g/mol. The van der Waals surface area contributed by atoms with Crippen LogP contribution >= 0.6 is 0 Å². The van der Waals surface area contributed by atoms with Crippen LogP contribution in [0.2, 0.25) is 0 Å². The van der Waals surface area contributed by atoms with Crippen molar-refractivity contribution in [2.75, 3.05) is 17.4 Å². The minimum absolute atomic E-state index is 0.101. The number of carbonyl (C=O) groups excluding carboxylic acids is 2. The molecule has 0 spiro atoms. The van der Waals surface area contributed by atoms with Crippen LogP contribution in [0, 0.1) is 13.8 Å². The van der Waals surface area contributed by atoms with Gasteiger partial charge in [-0.25, -0.2) is 8.42 Å². The van der Waals surface area contributed by atoms with Gasteiger partial charge >= 0.3 is 0 Å². The van der Waals surface area contributed by atoms with Crippen LogP contribution in [0.4, 0.5) is 5.69 Å². The van der Waals surface area contributed by atoms with Gasteiger partial charge in [0.05, 0.1) is 10.6 Å². The van der Waals surface area contributed by atoms with Crippen molar-refractivity contribution >= 4 is 27.5 Å². The fourth-order valence-electron chi connectivity index (χ4n) is 4.28. The summed E-state index contributed by atoms with van der Waals surface area (Å²) >= 11 is 0. The molecule has 0 heterocycles. The zero-order valence-corrected chi connectivity index (χ0v) is 23.6. The third-order valence-electron chi connectivity index (χ3n) is 6.65. The summed E-state index contributed by atoms with van der Waals surface area (Å²) in [4.78, 5) is 28.4. The molecule has 0 fully saturated rings. The van der Waals surface area contributed by atoms with Gasteiger partial charge in [-0.1, -0.05) is 67.1 Å². The zero-order valence-electron chi connectivity index (χ0n) is 22.8. The summed E-state index contributed by atoms with van der Waals surface area (Å²) in [5.74, 6) is -0.759. The summed E-state index contributed by atoms with van der Waals surface area (Å²) in [5, 5.41) is 2.78. The van der Waals surface area contributed by atoms with E-state index in [1.54, 1.807) is 43.3 Å². The fraction of sp³-hybridized carbons (Fsp3) is 0.333. The number of anilines is 1. The Morgan fingerprint density at radius 1 is 0.868 bits per heavy atom. The van der Waals surface area contributed by atoms with Gasteiger partial charge in [0.1, 0.15) is 12.6 Å². The molecule has 0 unspecified atom stereocenters. The van der Waals surface area contributed by atoms with Crippen LogP contribution in [0.3, 0.4) is 0 Å². The lowest BCUT2D eigenvalue weighted by Crippen LogP contribution is -2.51. The first-order valence-electron chi connectivity index (χ1n) is 12.9. The quantitative estimate of drug-likeness (QED) is 0.388. The smallest absolute Gasteiger partial charge is 0.264 e. The van der Waals surface area contributed by atoms with Gasteiger partial charge in [-0.15, -0.1) is 0 Å². The standard InChI is InChI=1S/C30H37N3O4S/c1-6-25-13-10-11-15-28(25)33(38(36,37)27-18-16-22(3)17-19-27)21-29(34)32(24(5)30(35)31-7-2)20-26-14-9-8-12-23(26)4/h8-19,24H,6-7,20-21H2,1-5H3,(H,31,35)/t24-/m0/s1. The van der Waals surface area contributed by atoms with Crippen LogP contribution in [0.25, 0.3) is 0 Å². The van der Waals surface area contributed by atoms with E-state index in [0.717, 1.165) is 22.3 Å². The first-order chi connectivity index (χ1) is 18.1. The number of hydrogen-bond donors (Lipinski definition) is 1. The van der Waals surface area contributed by atoms with Crippen LogP contribution in [0.1, 0.15) is 43.0 Å². The van der Waals surface area contributed by atoms with Gasteiger partial charge in [0.2, 0.25) is 11.8 Å². The molecule has 0 aliphatic carbocycles. The number of hydrogen-bond acceptors (Lipinski definition) is 4. The molecule has 1 atom stereocenters. The van der Waals surface area contributed by atoms with Gasteiger partial charge in [-0.2, -0.15) is 0 Å². The van der Waals surface area contributed by atoms with Gasteiger partial charge in [0.25, 0.3) is 10.0 Å². The molecule has 0 saturated heterocycles. The maximum absolute atomic E-state index is 14.0. The maximum Gasteiger partial charge on any atom is 0.264 e. The van der Waals surface area contributed by atoms with E-state index in [1.807, 2.05) is 64.1 Å². The van der Waals surface area contributed by atoms with Crippen molar-refractivity contribution in [3.8, 4) is 0 Å². The number of nitrogens with one attached hydrogen (secondary N) is 1. The van der Waals surface area contributed by atoms with Crippen molar-refractivity contribution in [1.29, 1.82) is 0 Å². The number of para-hydroxylation sites is 1. The van der Waals surface area contributed by atoms with Crippen molar-refractivity contribution in [3.63, 3.8) is 0 Å². The summed E-state index contributed by atoms with van der Waals surface area (Å²) in [5.41, 5.74) is 4.05. The zero-order chi connectivity index (χ0) is 27.9. The minimum Gasteiger partial charge on any atom is -0.355 e. The summed E-state index contributed by atoms with van der Waals surface area (Å²) < 4.78 is 29.1. The number of amides is 2. The predicted molar refractivity (Wildman–Crippen MR) is 151 cm³/mol. The summed E-state index contributed by atoms with van der Waals surface area (Å²) in [7, 11) is -4.08. The Labute approximate surface area is 226 Å². The van der Waals surface area contributed by atoms with Crippen molar-refractivity contribution < 1.29 is 18.0 Å². The van der Waals surface area contributed by atoms with Crippen molar-refractivity contribution in [1.82, 2.24) is 10.2 Å². The molecular formula is C30H37N3O4S. The van der Waals surface area contributed by atoms with E-state index in [2.05, 4.69) is 5.32 Å². The van der Waals surface area contributed by atoms with Crippen LogP contribution in [-0.2, 0) is 32.6 Å². The Balaban J connectivity index is 2.08. The monoisotopic (exact) mass is 535 g/mol. The maximum atomic E-state index is 14.0. The summed E-state index contributed by atoms with van der Waals surface area (Å²) in [6.07, 6.45) is 0.590. The van der Waals surface area contributed by atoms with E-state index in [0.29, 0.717) is 18.7 Å². The summed E-state index contributed by atoms with van der Waals surface area (Å²) in [6.45, 7) is 9.42. The lowest BCUT2D eigenvalue weighted by atomic mass is 10.1. The van der Waals surface area contributed by atoms with Crippen molar-refractivity contribution in [3.05, 3.63) is 95.1 Å². The highest BCUT2D eigenvalue weighted by molar-refractivity contribution is 7.92. The van der Waals surface area contributed by atoms with Crippen molar-refractivity contribution in [2.24, 2.45) is 0 Å². The molecule has 0 bridgehead atoms. The topological polar surface area (TPSA) is 86.8 Å². The van der Waals surface area contributed by atoms with Crippen LogP contribution in [0.5, 0.6) is 0 Å². The third kappa shape index (κ3) is 6.61. The van der Waals surface area contributed by atoms with Gasteiger partial charge in [-0.3, -0.25) is 13.9 Å². The molecule has 3 aromatic carbocycles. The fourth-order valence-corrected chi connectivity index (χ4v) is 5.73. The number of likely N-dealkylation sites (N-methyl/N-ethyl adjacent to an activating group) is 1. The van der Waals surface area contributed by atoms with Crippen molar-refractivity contribution in [2.45, 2.75) is 58.5 Å². The van der Waals surface area contributed by atoms with Gasteiger partial charge in [0, 0.05) is 13.1 Å². The molecule has 3 aromatic rings. The first-order valence-corrected chi connectivity index (χ1v) is 14.3. The van der Waals surface area contributed by atoms with E-state index in [9.17, 15) is 18.0 Å². The average Bonchev–Trinajstić information content (AvgIpc) is 2.91. The Bertz CT molecular complexity index is 1370. The molecule has 38 heavy (non-hydrogen) atoms. The Kier molecular flexibility index (Phi) is 9.69. The number of benzene rings is 3. The lowest BCUT2D eigenvalue weighted by Gasteiger charge is -2.32. The normalized spacial score (nSPS) is 12.0. The number of aryl methyl sites for hydroxylation is 3. The van der Waals surface area contributed by atoms with E-state index in [4.69, 9.17) is 0 Å². The van der Waals surface area contributed by atoms with Crippen LogP contribution in [-0.4, -0.2) is 44.3 Å². The molecule has 1 N–H and O–H groups in total. The second kappa shape index (κ2) is 12.7. The lowest BCUT2D eigenvalue weighted by molar-refractivity contribution is -0.139. The Hall–Kier alpha value is -3.65. The Morgan fingerprint density at radius 3 is 2.08 bits per heavy atom. The molecular weight excluding hydrogens is 498 g/mol. The number of rotatable bonds is 11. The van der Waals surface area contributed by atoms with E-state index >= 15 is 0 Å². The molecule has 7 nitrogen and oxygen atoms in total. The SMILES string of the molecule is CCNC(=O)[C@H](C)N(Cc1ccccc1C)C(=O)CN(c1ccccc1CC)S(=O)(=O)c1ccc(C)cc1. The molecule has 0 aliphatic heterocycles. The van der Waals surface area contributed by atoms with Crippen LogP contribution in [0.15, 0.2) is 77.7 Å². The van der Waals surface area contributed by atoms with Crippen LogP contribution < -0.4 is 9.62 Å². The highest BCUT2D eigenvalue weighted by Crippen LogP contribution is 2.28. The second-order valence-electron chi connectivity index (χ2n) is 9.33. The highest BCUT2D eigenvalue weighted by atomic mass is 32.2. The first kappa shape index (κ1) is 28.9. The van der Waals surface area contributed by atoms with Gasteiger partial charge in [0.15, 0.2) is 0 Å². The van der Waals surface area contributed by atoms with Gasteiger partial charge in [-0.05, 0) is 69.0 Å². The number of nitrogens with zero attached hydrogens (tertiary/aromatic N) is 2. The Morgan fingerprint density at radius 2 is 1.47 bits per heavy atom. The number of sulfonamides is 1. The molecule has 3 rings (SSSR count). The molecule has 0 aromatic heterocycles. The minimum atomic E-state index is -4.08. The molecule has 0 saturated carbocycles. The molecule has 8 heteroatoms. The predicted octanol–water partition coefficient (Wildman–Crippen LogP) is 4.61. The molecule has 0 aliphatic rings. The number of carbonyl (C=O) groups is 2.